The van der Waals surface area contributed by atoms with Crippen LogP contribution in [-0.4, -0.2) is 34.3 Å². The Kier molecular flexibility index (Phi) is 4.05. The van der Waals surface area contributed by atoms with Crippen LogP contribution in [0.25, 0.3) is 0 Å². The molecular formula is C13H24N4. The summed E-state index contributed by atoms with van der Waals surface area (Å²) in [6, 6.07) is 0. The largest absolute Gasteiger partial charge is 0.396 e. The maximum absolute atomic E-state index is 6.11. The number of hydrogen-bond donors (Lipinski definition) is 1. The highest BCUT2D eigenvalue weighted by Gasteiger charge is 2.15. The van der Waals surface area contributed by atoms with Gasteiger partial charge in [0, 0.05) is 6.54 Å². The fourth-order valence-corrected chi connectivity index (χ4v) is 2.63. The molecule has 2 N–H and O–H groups in total. The SMILES string of the molecule is CCc1nn(CCN2CCCC2)c(CC)c1N. The smallest absolute Gasteiger partial charge is 0.0854 e. The van der Waals surface area contributed by atoms with Crippen molar-refractivity contribution in [3.63, 3.8) is 0 Å². The molecule has 0 spiro atoms. The molecule has 2 heterocycles. The Hall–Kier alpha value is -1.03. The van der Waals surface area contributed by atoms with Crippen LogP contribution >= 0.6 is 0 Å². The lowest BCUT2D eigenvalue weighted by atomic mass is 10.2. The molecule has 0 aliphatic carbocycles. The van der Waals surface area contributed by atoms with Gasteiger partial charge < -0.3 is 10.6 Å². The van der Waals surface area contributed by atoms with E-state index in [9.17, 15) is 0 Å². The minimum Gasteiger partial charge on any atom is -0.396 e. The van der Waals surface area contributed by atoms with E-state index in [0.717, 1.165) is 37.3 Å². The molecule has 1 saturated heterocycles. The van der Waals surface area contributed by atoms with E-state index < -0.39 is 0 Å². The summed E-state index contributed by atoms with van der Waals surface area (Å²) in [6.45, 7) is 8.85. The second-order valence-electron chi connectivity index (χ2n) is 4.79. The fourth-order valence-electron chi connectivity index (χ4n) is 2.63. The highest BCUT2D eigenvalue weighted by atomic mass is 15.3. The summed E-state index contributed by atoms with van der Waals surface area (Å²) in [5, 5.41) is 4.63. The Morgan fingerprint density at radius 3 is 2.41 bits per heavy atom. The molecule has 0 amide bonds. The Balaban J connectivity index is 2.03. The van der Waals surface area contributed by atoms with Crippen molar-refractivity contribution >= 4 is 5.69 Å². The van der Waals surface area contributed by atoms with Crippen LogP contribution in [0.15, 0.2) is 0 Å². The van der Waals surface area contributed by atoms with Crippen LogP contribution in [0.4, 0.5) is 5.69 Å². The second kappa shape index (κ2) is 5.54. The van der Waals surface area contributed by atoms with Gasteiger partial charge in [-0.25, -0.2) is 0 Å². The van der Waals surface area contributed by atoms with Crippen LogP contribution in [0, 0.1) is 0 Å². The maximum Gasteiger partial charge on any atom is 0.0854 e. The van der Waals surface area contributed by atoms with E-state index in [1.165, 1.54) is 31.6 Å². The van der Waals surface area contributed by atoms with Gasteiger partial charge in [-0.05, 0) is 38.8 Å². The van der Waals surface area contributed by atoms with Gasteiger partial charge in [-0.15, -0.1) is 0 Å². The van der Waals surface area contributed by atoms with Crippen molar-refractivity contribution in [3.8, 4) is 0 Å². The quantitative estimate of drug-likeness (QED) is 0.846. The van der Waals surface area contributed by atoms with Crippen LogP contribution < -0.4 is 5.73 Å². The summed E-state index contributed by atoms with van der Waals surface area (Å²) in [6.07, 6.45) is 4.60. The predicted molar refractivity (Wildman–Crippen MR) is 71.1 cm³/mol. The first-order chi connectivity index (χ1) is 8.26. The van der Waals surface area contributed by atoms with Gasteiger partial charge in [0.1, 0.15) is 0 Å². The molecule has 0 radical (unpaired) electrons. The predicted octanol–water partition coefficient (Wildman–Crippen LogP) is 1.69. The van der Waals surface area contributed by atoms with Gasteiger partial charge >= 0.3 is 0 Å². The molecule has 1 aromatic heterocycles. The molecule has 4 heteroatoms. The van der Waals surface area contributed by atoms with Crippen molar-refractivity contribution in [3.05, 3.63) is 11.4 Å². The summed E-state index contributed by atoms with van der Waals surface area (Å²) in [4.78, 5) is 2.52. The minimum atomic E-state index is 0.913. The molecule has 0 atom stereocenters. The topological polar surface area (TPSA) is 47.1 Å². The Morgan fingerprint density at radius 1 is 1.12 bits per heavy atom. The van der Waals surface area contributed by atoms with E-state index in [1.807, 2.05) is 0 Å². The first-order valence-corrected chi connectivity index (χ1v) is 6.82. The van der Waals surface area contributed by atoms with E-state index in [4.69, 9.17) is 5.73 Å². The number of aromatic nitrogens is 2. The van der Waals surface area contributed by atoms with Crippen molar-refractivity contribution in [2.24, 2.45) is 0 Å². The van der Waals surface area contributed by atoms with E-state index >= 15 is 0 Å². The summed E-state index contributed by atoms with van der Waals surface area (Å²) in [5.41, 5.74) is 9.29. The van der Waals surface area contributed by atoms with Crippen LogP contribution in [0.3, 0.4) is 0 Å². The summed E-state index contributed by atoms with van der Waals surface area (Å²) in [7, 11) is 0. The van der Waals surface area contributed by atoms with Gasteiger partial charge in [0.25, 0.3) is 0 Å². The monoisotopic (exact) mass is 236 g/mol. The number of anilines is 1. The third kappa shape index (κ3) is 2.63. The lowest BCUT2D eigenvalue weighted by Crippen LogP contribution is -2.25. The molecule has 1 fully saturated rings. The molecule has 1 aliphatic heterocycles. The average molecular weight is 236 g/mol. The van der Waals surface area contributed by atoms with Gasteiger partial charge in [-0.1, -0.05) is 13.8 Å². The molecule has 4 nitrogen and oxygen atoms in total. The number of likely N-dealkylation sites (tertiary alicyclic amines) is 1. The van der Waals surface area contributed by atoms with E-state index in [0.29, 0.717) is 0 Å². The Morgan fingerprint density at radius 2 is 1.82 bits per heavy atom. The first-order valence-electron chi connectivity index (χ1n) is 6.82. The average Bonchev–Trinajstić information content (AvgIpc) is 2.94. The van der Waals surface area contributed by atoms with Crippen LogP contribution in [0.5, 0.6) is 0 Å². The van der Waals surface area contributed by atoms with Gasteiger partial charge in [-0.2, -0.15) is 5.10 Å². The molecule has 2 rings (SSSR count). The van der Waals surface area contributed by atoms with Gasteiger partial charge in [0.2, 0.25) is 0 Å². The number of aryl methyl sites for hydroxylation is 1. The zero-order valence-corrected chi connectivity index (χ0v) is 11.1. The molecule has 0 bridgehead atoms. The van der Waals surface area contributed by atoms with Gasteiger partial charge in [-0.3, -0.25) is 4.68 Å². The normalized spacial score (nSPS) is 16.8. The zero-order valence-electron chi connectivity index (χ0n) is 11.1. The minimum absolute atomic E-state index is 0.913. The third-order valence-electron chi connectivity index (χ3n) is 3.67. The Bertz CT molecular complexity index is 364. The molecule has 1 aromatic rings. The highest BCUT2D eigenvalue weighted by Crippen LogP contribution is 2.18. The molecule has 0 unspecified atom stereocenters. The number of nitrogens with two attached hydrogens (primary N) is 1. The molecule has 0 saturated carbocycles. The molecular weight excluding hydrogens is 212 g/mol. The van der Waals surface area contributed by atoms with Crippen molar-refractivity contribution < 1.29 is 0 Å². The third-order valence-corrected chi connectivity index (χ3v) is 3.67. The van der Waals surface area contributed by atoms with Crippen LogP contribution in [-0.2, 0) is 19.4 Å². The second-order valence-corrected chi connectivity index (χ2v) is 4.79. The summed E-state index contributed by atoms with van der Waals surface area (Å²) in [5.74, 6) is 0. The van der Waals surface area contributed by atoms with Crippen molar-refractivity contribution in [1.82, 2.24) is 14.7 Å². The summed E-state index contributed by atoms with van der Waals surface area (Å²) < 4.78 is 2.12. The number of nitrogens with zero attached hydrogens (tertiary/aromatic N) is 3. The fraction of sp³-hybridized carbons (Fsp3) is 0.769. The Labute approximate surface area is 104 Å². The van der Waals surface area contributed by atoms with Crippen LogP contribution in [0.2, 0.25) is 0 Å². The molecule has 0 aromatic carbocycles. The maximum atomic E-state index is 6.11. The first kappa shape index (κ1) is 12.4. The van der Waals surface area contributed by atoms with Crippen molar-refractivity contribution in [2.75, 3.05) is 25.4 Å². The lowest BCUT2D eigenvalue weighted by Gasteiger charge is -2.15. The van der Waals surface area contributed by atoms with Gasteiger partial charge in [0.05, 0.1) is 23.6 Å². The molecule has 17 heavy (non-hydrogen) atoms. The van der Waals surface area contributed by atoms with Crippen molar-refractivity contribution in [1.29, 1.82) is 0 Å². The number of hydrogen-bond acceptors (Lipinski definition) is 3. The molecule has 1 aliphatic rings. The van der Waals surface area contributed by atoms with Crippen molar-refractivity contribution in [2.45, 2.75) is 46.1 Å². The summed E-state index contributed by atoms with van der Waals surface area (Å²) >= 11 is 0. The highest BCUT2D eigenvalue weighted by molar-refractivity contribution is 5.48. The standard InChI is InChI=1S/C13H24N4/c1-3-11-13(14)12(4-2)17(15-11)10-9-16-7-5-6-8-16/h3-10,14H2,1-2H3. The number of nitrogen functional groups attached to an aromatic ring is 1. The van der Waals surface area contributed by atoms with E-state index in [2.05, 4.69) is 28.5 Å². The van der Waals surface area contributed by atoms with Gasteiger partial charge in [0.15, 0.2) is 0 Å². The van der Waals surface area contributed by atoms with Crippen LogP contribution in [0.1, 0.15) is 38.1 Å². The van der Waals surface area contributed by atoms with E-state index in [-0.39, 0.29) is 0 Å². The molecule has 96 valence electrons. The zero-order chi connectivity index (χ0) is 12.3. The van der Waals surface area contributed by atoms with E-state index in [1.54, 1.807) is 0 Å². The number of rotatable bonds is 5. The lowest BCUT2D eigenvalue weighted by molar-refractivity contribution is 0.313.